The molecule has 1 saturated carbocycles. The number of nitrogens with zero attached hydrogens (tertiary/aromatic N) is 1. The van der Waals surface area contributed by atoms with Gasteiger partial charge in [0.25, 0.3) is 0 Å². The van der Waals surface area contributed by atoms with Crippen molar-refractivity contribution < 1.29 is 0 Å². The van der Waals surface area contributed by atoms with Crippen molar-refractivity contribution in [3.63, 3.8) is 0 Å². The smallest absolute Gasteiger partial charge is 0.0813 e. The predicted molar refractivity (Wildman–Crippen MR) is 74.7 cm³/mol. The van der Waals surface area contributed by atoms with Crippen LogP contribution in [0.2, 0.25) is 0 Å². The standard InChI is InChI=1S/C14H18N2S/c1-10(7-11-3-2-4-11)16-12-5-6-13-14(8-12)17-9-15-13/h5-6,8-11,16H,2-4,7H2,1H3. The van der Waals surface area contributed by atoms with Crippen molar-refractivity contribution in [2.24, 2.45) is 5.92 Å². The van der Waals surface area contributed by atoms with Gasteiger partial charge in [-0.15, -0.1) is 11.3 Å². The molecule has 1 aromatic heterocycles. The predicted octanol–water partition coefficient (Wildman–Crippen LogP) is 4.29. The van der Waals surface area contributed by atoms with Crippen LogP contribution in [0.1, 0.15) is 32.6 Å². The van der Waals surface area contributed by atoms with Gasteiger partial charge >= 0.3 is 0 Å². The van der Waals surface area contributed by atoms with E-state index in [-0.39, 0.29) is 0 Å². The third-order valence-corrected chi connectivity index (χ3v) is 4.45. The first kappa shape index (κ1) is 11.0. The van der Waals surface area contributed by atoms with Gasteiger partial charge in [0.05, 0.1) is 15.7 Å². The van der Waals surface area contributed by atoms with Crippen molar-refractivity contribution in [3.8, 4) is 0 Å². The van der Waals surface area contributed by atoms with E-state index in [4.69, 9.17) is 0 Å². The molecule has 0 amide bonds. The Bertz CT molecular complexity index is 502. The molecule has 3 heteroatoms. The van der Waals surface area contributed by atoms with E-state index < -0.39 is 0 Å². The molecular weight excluding hydrogens is 228 g/mol. The molecule has 0 saturated heterocycles. The van der Waals surface area contributed by atoms with Crippen molar-refractivity contribution in [1.82, 2.24) is 4.98 Å². The van der Waals surface area contributed by atoms with Gasteiger partial charge < -0.3 is 5.32 Å². The lowest BCUT2D eigenvalue weighted by Gasteiger charge is -2.28. The molecule has 1 aliphatic carbocycles. The highest BCUT2D eigenvalue weighted by Gasteiger charge is 2.19. The number of nitrogens with one attached hydrogen (secondary N) is 1. The quantitative estimate of drug-likeness (QED) is 0.870. The zero-order valence-electron chi connectivity index (χ0n) is 10.1. The third-order valence-electron chi connectivity index (χ3n) is 3.66. The summed E-state index contributed by atoms with van der Waals surface area (Å²) in [6.07, 6.45) is 5.60. The van der Waals surface area contributed by atoms with Crippen molar-refractivity contribution in [1.29, 1.82) is 0 Å². The van der Waals surface area contributed by atoms with Crippen LogP contribution >= 0.6 is 11.3 Å². The molecule has 2 nitrogen and oxygen atoms in total. The molecule has 17 heavy (non-hydrogen) atoms. The molecule has 1 aromatic carbocycles. The van der Waals surface area contributed by atoms with Crippen LogP contribution in [-0.4, -0.2) is 11.0 Å². The summed E-state index contributed by atoms with van der Waals surface area (Å²) in [7, 11) is 0. The Morgan fingerprint density at radius 2 is 2.35 bits per heavy atom. The second-order valence-corrected chi connectivity index (χ2v) is 6.00. The Balaban J connectivity index is 1.66. The largest absolute Gasteiger partial charge is 0.383 e. The molecule has 3 rings (SSSR count). The zero-order valence-corrected chi connectivity index (χ0v) is 11.0. The van der Waals surface area contributed by atoms with Gasteiger partial charge in [0.2, 0.25) is 0 Å². The highest BCUT2D eigenvalue weighted by molar-refractivity contribution is 7.16. The zero-order chi connectivity index (χ0) is 11.7. The summed E-state index contributed by atoms with van der Waals surface area (Å²) in [4.78, 5) is 4.30. The van der Waals surface area contributed by atoms with Gasteiger partial charge in [-0.25, -0.2) is 4.98 Å². The average molecular weight is 246 g/mol. The van der Waals surface area contributed by atoms with Gasteiger partial charge in [0, 0.05) is 11.7 Å². The normalized spacial score (nSPS) is 17.9. The fraction of sp³-hybridized carbons (Fsp3) is 0.500. The minimum Gasteiger partial charge on any atom is -0.383 e. The number of benzene rings is 1. The lowest BCUT2D eigenvalue weighted by atomic mass is 9.81. The molecular formula is C14H18N2S. The molecule has 0 spiro atoms. The van der Waals surface area contributed by atoms with Crippen molar-refractivity contribution in [3.05, 3.63) is 23.7 Å². The van der Waals surface area contributed by atoms with E-state index in [1.54, 1.807) is 11.3 Å². The van der Waals surface area contributed by atoms with Crippen molar-refractivity contribution in [2.75, 3.05) is 5.32 Å². The topological polar surface area (TPSA) is 24.9 Å². The number of hydrogen-bond acceptors (Lipinski definition) is 3. The molecule has 90 valence electrons. The number of thiazole rings is 1. The number of aromatic nitrogens is 1. The number of hydrogen-bond donors (Lipinski definition) is 1. The van der Waals surface area contributed by atoms with Gasteiger partial charge in [0.1, 0.15) is 0 Å². The lowest BCUT2D eigenvalue weighted by Crippen LogP contribution is -2.23. The number of fused-ring (bicyclic) bond motifs is 1. The Morgan fingerprint density at radius 3 is 3.12 bits per heavy atom. The lowest BCUT2D eigenvalue weighted by molar-refractivity contribution is 0.286. The first-order chi connectivity index (χ1) is 8.31. The van der Waals surface area contributed by atoms with E-state index in [9.17, 15) is 0 Å². The molecule has 1 heterocycles. The molecule has 1 aliphatic rings. The molecule has 2 aromatic rings. The Labute approximate surface area is 106 Å². The molecule has 1 fully saturated rings. The fourth-order valence-corrected chi connectivity index (χ4v) is 3.23. The van der Waals surface area contributed by atoms with Crippen LogP contribution in [0.3, 0.4) is 0 Å². The minimum absolute atomic E-state index is 0.575. The number of rotatable bonds is 4. The summed E-state index contributed by atoms with van der Waals surface area (Å²) in [5.41, 5.74) is 4.24. The van der Waals surface area contributed by atoms with Gasteiger partial charge in [-0.05, 0) is 37.5 Å². The maximum Gasteiger partial charge on any atom is 0.0813 e. The Kier molecular flexibility index (Phi) is 3.02. The maximum absolute atomic E-state index is 4.30. The molecule has 0 radical (unpaired) electrons. The van der Waals surface area contributed by atoms with Crippen LogP contribution < -0.4 is 5.32 Å². The Morgan fingerprint density at radius 1 is 1.47 bits per heavy atom. The van der Waals surface area contributed by atoms with Gasteiger partial charge in [-0.2, -0.15) is 0 Å². The van der Waals surface area contributed by atoms with Gasteiger partial charge in [0.15, 0.2) is 0 Å². The summed E-state index contributed by atoms with van der Waals surface area (Å²) >= 11 is 1.71. The van der Waals surface area contributed by atoms with Crippen molar-refractivity contribution >= 4 is 27.2 Å². The van der Waals surface area contributed by atoms with E-state index in [2.05, 4.69) is 35.4 Å². The second-order valence-electron chi connectivity index (χ2n) is 5.11. The molecule has 0 bridgehead atoms. The van der Waals surface area contributed by atoms with Crippen molar-refractivity contribution in [2.45, 2.75) is 38.6 Å². The fourth-order valence-electron chi connectivity index (χ4n) is 2.52. The van der Waals surface area contributed by atoms with E-state index in [1.807, 2.05) is 5.51 Å². The Hall–Kier alpha value is -1.09. The molecule has 1 unspecified atom stereocenters. The summed E-state index contributed by atoms with van der Waals surface area (Å²) in [6.45, 7) is 2.29. The maximum atomic E-state index is 4.30. The van der Waals surface area contributed by atoms with Crippen LogP contribution in [0.5, 0.6) is 0 Å². The van der Waals surface area contributed by atoms with Crippen LogP contribution in [0.25, 0.3) is 10.2 Å². The van der Waals surface area contributed by atoms with Crippen LogP contribution in [0, 0.1) is 5.92 Å². The van der Waals surface area contributed by atoms with Gasteiger partial charge in [-0.3, -0.25) is 0 Å². The first-order valence-electron chi connectivity index (χ1n) is 6.41. The van der Waals surface area contributed by atoms with Crippen LogP contribution in [-0.2, 0) is 0 Å². The van der Waals surface area contributed by atoms with Crippen LogP contribution in [0.15, 0.2) is 23.7 Å². The molecule has 1 N–H and O–H groups in total. The highest BCUT2D eigenvalue weighted by Crippen LogP contribution is 2.31. The first-order valence-corrected chi connectivity index (χ1v) is 7.29. The summed E-state index contributed by atoms with van der Waals surface area (Å²) in [5.74, 6) is 0.963. The summed E-state index contributed by atoms with van der Waals surface area (Å²) < 4.78 is 1.27. The monoisotopic (exact) mass is 246 g/mol. The van der Waals surface area contributed by atoms with Crippen LogP contribution in [0.4, 0.5) is 5.69 Å². The van der Waals surface area contributed by atoms with E-state index in [0.717, 1.165) is 11.4 Å². The van der Waals surface area contributed by atoms with E-state index in [0.29, 0.717) is 6.04 Å². The summed E-state index contributed by atoms with van der Waals surface area (Å²) in [5, 5.41) is 3.60. The summed E-state index contributed by atoms with van der Waals surface area (Å²) in [6, 6.07) is 7.03. The highest BCUT2D eigenvalue weighted by atomic mass is 32.1. The molecule has 1 atom stereocenters. The molecule has 0 aliphatic heterocycles. The third kappa shape index (κ3) is 2.44. The number of anilines is 1. The minimum atomic E-state index is 0.575. The SMILES string of the molecule is CC(CC1CCC1)Nc1ccc2ncsc2c1. The van der Waals surface area contributed by atoms with E-state index in [1.165, 1.54) is 36.1 Å². The van der Waals surface area contributed by atoms with Gasteiger partial charge in [-0.1, -0.05) is 19.3 Å². The second kappa shape index (κ2) is 4.65. The van der Waals surface area contributed by atoms with E-state index >= 15 is 0 Å². The average Bonchev–Trinajstić information content (AvgIpc) is 2.71.